The maximum atomic E-state index is 13.2. The van der Waals surface area contributed by atoms with Crippen LogP contribution < -0.4 is 0 Å². The molecule has 1 aliphatic heterocycles. The lowest BCUT2D eigenvalue weighted by molar-refractivity contribution is 0.0643. The van der Waals surface area contributed by atoms with Crippen LogP contribution in [0.25, 0.3) is 0 Å². The zero-order chi connectivity index (χ0) is 14.3. The van der Waals surface area contributed by atoms with E-state index in [1.807, 2.05) is 25.3 Å². The topological polar surface area (TPSA) is 25.2 Å². The van der Waals surface area contributed by atoms with Crippen LogP contribution in [0.2, 0.25) is 0 Å². The Labute approximate surface area is 115 Å². The van der Waals surface area contributed by atoms with Gasteiger partial charge in [-0.15, -0.1) is 0 Å². The number of aromatic nitrogens is 1. The first-order valence-corrected chi connectivity index (χ1v) is 6.48. The molecule has 20 heavy (non-hydrogen) atoms. The number of halogens is 2. The molecular formula is C15H14F2N2O. The van der Waals surface area contributed by atoms with Crippen molar-refractivity contribution in [2.75, 3.05) is 6.54 Å². The van der Waals surface area contributed by atoms with Gasteiger partial charge in [-0.25, -0.2) is 8.78 Å². The second kappa shape index (κ2) is 4.74. The van der Waals surface area contributed by atoms with Gasteiger partial charge in [0.2, 0.25) is 0 Å². The molecule has 0 fully saturated rings. The summed E-state index contributed by atoms with van der Waals surface area (Å²) in [6, 6.07) is 6.69. The summed E-state index contributed by atoms with van der Waals surface area (Å²) >= 11 is 0. The SMILES string of the molecule is CC1c2cccn2CCN1C(=O)c1cc(F)cc(F)c1. The van der Waals surface area contributed by atoms with Gasteiger partial charge in [0.1, 0.15) is 11.6 Å². The highest BCUT2D eigenvalue weighted by Gasteiger charge is 2.28. The monoisotopic (exact) mass is 276 g/mol. The van der Waals surface area contributed by atoms with Crippen LogP contribution in [0.5, 0.6) is 0 Å². The Kier molecular flexibility index (Phi) is 3.04. The Morgan fingerprint density at radius 3 is 2.60 bits per heavy atom. The van der Waals surface area contributed by atoms with E-state index >= 15 is 0 Å². The molecule has 0 spiro atoms. The van der Waals surface area contributed by atoms with Gasteiger partial charge in [0, 0.05) is 36.6 Å². The highest BCUT2D eigenvalue weighted by atomic mass is 19.1. The van der Waals surface area contributed by atoms with E-state index in [1.165, 1.54) is 0 Å². The van der Waals surface area contributed by atoms with Crippen LogP contribution in [0.15, 0.2) is 36.5 Å². The highest BCUT2D eigenvalue weighted by Crippen LogP contribution is 2.27. The third-order valence-electron chi connectivity index (χ3n) is 3.71. The van der Waals surface area contributed by atoms with Crippen molar-refractivity contribution >= 4 is 5.91 Å². The first kappa shape index (κ1) is 12.8. The molecule has 0 aliphatic carbocycles. The van der Waals surface area contributed by atoms with E-state index in [-0.39, 0.29) is 17.5 Å². The van der Waals surface area contributed by atoms with Gasteiger partial charge in [0.15, 0.2) is 0 Å². The molecule has 1 aromatic heterocycles. The molecule has 1 atom stereocenters. The normalized spacial score (nSPS) is 17.9. The van der Waals surface area contributed by atoms with Crippen molar-refractivity contribution in [3.8, 4) is 0 Å². The van der Waals surface area contributed by atoms with Gasteiger partial charge in [-0.2, -0.15) is 0 Å². The molecular weight excluding hydrogens is 262 g/mol. The summed E-state index contributed by atoms with van der Waals surface area (Å²) in [5.41, 5.74) is 1.08. The van der Waals surface area contributed by atoms with Crippen LogP contribution >= 0.6 is 0 Å². The molecule has 2 heterocycles. The van der Waals surface area contributed by atoms with Gasteiger partial charge < -0.3 is 9.47 Å². The molecule has 0 saturated heterocycles. The van der Waals surface area contributed by atoms with E-state index in [2.05, 4.69) is 4.57 Å². The standard InChI is InChI=1S/C15H14F2N2O/c1-10-14-3-2-4-18(14)5-6-19(10)15(20)11-7-12(16)9-13(17)8-11/h2-4,7-10H,5-6H2,1H3. The number of carbonyl (C=O) groups excluding carboxylic acids is 1. The molecule has 104 valence electrons. The Hall–Kier alpha value is -2.17. The lowest BCUT2D eigenvalue weighted by Crippen LogP contribution is -2.40. The van der Waals surface area contributed by atoms with Gasteiger partial charge in [-0.3, -0.25) is 4.79 Å². The number of amides is 1. The molecule has 2 aromatic rings. The summed E-state index contributed by atoms with van der Waals surface area (Å²) in [4.78, 5) is 14.1. The summed E-state index contributed by atoms with van der Waals surface area (Å²) in [6.07, 6.45) is 1.97. The Morgan fingerprint density at radius 2 is 1.90 bits per heavy atom. The zero-order valence-electron chi connectivity index (χ0n) is 11.0. The van der Waals surface area contributed by atoms with E-state index in [0.717, 1.165) is 23.9 Å². The van der Waals surface area contributed by atoms with Crippen molar-refractivity contribution in [2.24, 2.45) is 0 Å². The van der Waals surface area contributed by atoms with Crippen LogP contribution in [-0.4, -0.2) is 21.9 Å². The molecule has 1 aliphatic rings. The van der Waals surface area contributed by atoms with Crippen molar-refractivity contribution in [1.29, 1.82) is 0 Å². The molecule has 3 nitrogen and oxygen atoms in total. The maximum absolute atomic E-state index is 13.2. The predicted octanol–water partition coefficient (Wildman–Crippen LogP) is 2.98. The molecule has 1 amide bonds. The number of fused-ring (bicyclic) bond motifs is 1. The second-order valence-corrected chi connectivity index (χ2v) is 4.96. The maximum Gasteiger partial charge on any atom is 0.254 e. The van der Waals surface area contributed by atoms with Gasteiger partial charge in [0.25, 0.3) is 5.91 Å². The molecule has 5 heteroatoms. The summed E-state index contributed by atoms with van der Waals surface area (Å²) < 4.78 is 28.5. The number of rotatable bonds is 1. The lowest BCUT2D eigenvalue weighted by Gasteiger charge is -2.35. The van der Waals surface area contributed by atoms with E-state index in [9.17, 15) is 13.6 Å². The van der Waals surface area contributed by atoms with Crippen LogP contribution in [0.4, 0.5) is 8.78 Å². The van der Waals surface area contributed by atoms with Crippen LogP contribution in [-0.2, 0) is 6.54 Å². The Balaban J connectivity index is 1.92. The highest BCUT2D eigenvalue weighted by molar-refractivity contribution is 5.94. The average molecular weight is 276 g/mol. The van der Waals surface area contributed by atoms with Gasteiger partial charge in [0.05, 0.1) is 6.04 Å². The molecule has 1 aromatic carbocycles. The number of carbonyl (C=O) groups is 1. The molecule has 0 radical (unpaired) electrons. The van der Waals surface area contributed by atoms with Gasteiger partial charge in [-0.05, 0) is 31.2 Å². The van der Waals surface area contributed by atoms with Crippen molar-refractivity contribution in [3.05, 3.63) is 59.4 Å². The summed E-state index contributed by atoms with van der Waals surface area (Å²) in [5.74, 6) is -1.81. The second-order valence-electron chi connectivity index (χ2n) is 4.96. The predicted molar refractivity (Wildman–Crippen MR) is 70.2 cm³/mol. The molecule has 3 rings (SSSR count). The van der Waals surface area contributed by atoms with E-state index in [1.54, 1.807) is 4.90 Å². The first-order chi connectivity index (χ1) is 9.56. The van der Waals surface area contributed by atoms with Gasteiger partial charge in [-0.1, -0.05) is 0 Å². The minimum Gasteiger partial charge on any atom is -0.348 e. The summed E-state index contributed by atoms with van der Waals surface area (Å²) in [7, 11) is 0. The summed E-state index contributed by atoms with van der Waals surface area (Å²) in [5, 5.41) is 0. The van der Waals surface area contributed by atoms with Crippen molar-refractivity contribution in [3.63, 3.8) is 0 Å². The Morgan fingerprint density at radius 1 is 1.20 bits per heavy atom. The smallest absolute Gasteiger partial charge is 0.254 e. The van der Waals surface area contributed by atoms with Gasteiger partial charge >= 0.3 is 0 Å². The minimum atomic E-state index is -0.735. The minimum absolute atomic E-state index is 0.0503. The van der Waals surface area contributed by atoms with Crippen molar-refractivity contribution in [2.45, 2.75) is 19.5 Å². The summed E-state index contributed by atoms with van der Waals surface area (Å²) in [6.45, 7) is 3.13. The fraction of sp³-hybridized carbons (Fsp3) is 0.267. The van der Waals surface area contributed by atoms with E-state index < -0.39 is 11.6 Å². The largest absolute Gasteiger partial charge is 0.348 e. The average Bonchev–Trinajstić information content (AvgIpc) is 2.86. The quantitative estimate of drug-likeness (QED) is 0.786. The fourth-order valence-corrected chi connectivity index (χ4v) is 2.70. The van der Waals surface area contributed by atoms with Crippen LogP contribution in [0.1, 0.15) is 29.0 Å². The number of hydrogen-bond donors (Lipinski definition) is 0. The lowest BCUT2D eigenvalue weighted by atomic mass is 10.1. The van der Waals surface area contributed by atoms with Crippen LogP contribution in [0, 0.1) is 11.6 Å². The number of hydrogen-bond acceptors (Lipinski definition) is 1. The first-order valence-electron chi connectivity index (χ1n) is 6.48. The fourth-order valence-electron chi connectivity index (χ4n) is 2.70. The third-order valence-corrected chi connectivity index (χ3v) is 3.71. The van der Waals surface area contributed by atoms with E-state index in [4.69, 9.17) is 0 Å². The molecule has 0 saturated carbocycles. The van der Waals surface area contributed by atoms with Crippen LogP contribution in [0.3, 0.4) is 0 Å². The Bertz CT molecular complexity index is 645. The number of benzene rings is 1. The number of nitrogens with zero attached hydrogens (tertiary/aromatic N) is 2. The molecule has 1 unspecified atom stereocenters. The molecule has 0 N–H and O–H groups in total. The molecule has 0 bridgehead atoms. The zero-order valence-corrected chi connectivity index (χ0v) is 11.0. The third kappa shape index (κ3) is 2.09. The van der Waals surface area contributed by atoms with E-state index in [0.29, 0.717) is 13.1 Å². The van der Waals surface area contributed by atoms with Crippen molar-refractivity contribution in [1.82, 2.24) is 9.47 Å². The van der Waals surface area contributed by atoms with Crippen molar-refractivity contribution < 1.29 is 13.6 Å².